The lowest BCUT2D eigenvalue weighted by Crippen LogP contribution is -2.53. The van der Waals surface area contributed by atoms with Crippen LogP contribution in [-0.2, 0) is 26.2 Å². The second-order valence-corrected chi connectivity index (χ2v) is 12.4. The molecule has 4 rings (SSSR count). The number of halogens is 1. The Morgan fingerprint density at radius 2 is 1.65 bits per heavy atom. The summed E-state index contributed by atoms with van der Waals surface area (Å²) in [6.07, 6.45) is 1.02. The molecule has 2 atom stereocenters. The molecular weight excluding hydrogens is 573 g/mol. The molecule has 0 unspecified atom stereocenters. The molecule has 1 N–H and O–H groups in total. The fraction of sp³-hybridized carbons (Fsp3) is 0.375. The summed E-state index contributed by atoms with van der Waals surface area (Å²) in [4.78, 5) is 28.9. The number of ether oxygens (including phenoxy) is 2. The first-order valence-corrected chi connectivity index (χ1v) is 15.8. The van der Waals surface area contributed by atoms with Crippen LogP contribution in [0, 0.1) is 12.7 Å². The fourth-order valence-electron chi connectivity index (χ4n) is 4.82. The molecule has 9 nitrogen and oxygen atoms in total. The van der Waals surface area contributed by atoms with Crippen LogP contribution >= 0.6 is 0 Å². The first-order chi connectivity index (χ1) is 20.5. The van der Waals surface area contributed by atoms with Crippen LogP contribution in [0.25, 0.3) is 0 Å². The number of benzene rings is 3. The zero-order valence-electron chi connectivity index (χ0n) is 24.9. The molecule has 0 radical (unpaired) electrons. The molecule has 3 aromatic rings. The maximum absolute atomic E-state index is 14.2. The summed E-state index contributed by atoms with van der Waals surface area (Å²) in [5, 5.41) is 2.96. The van der Waals surface area contributed by atoms with E-state index in [0.29, 0.717) is 25.2 Å². The van der Waals surface area contributed by atoms with Crippen LogP contribution in [0.1, 0.15) is 44.7 Å². The van der Waals surface area contributed by atoms with Crippen molar-refractivity contribution >= 4 is 27.5 Å². The smallest absolute Gasteiger partial charge is 0.264 e. The highest BCUT2D eigenvalue weighted by atomic mass is 32.2. The molecule has 0 saturated heterocycles. The number of carbonyl (C=O) groups excluding carboxylic acids is 2. The van der Waals surface area contributed by atoms with Gasteiger partial charge in [0.05, 0.1) is 10.6 Å². The number of rotatable bonds is 12. The second-order valence-electron chi connectivity index (χ2n) is 10.5. The van der Waals surface area contributed by atoms with Crippen LogP contribution < -0.4 is 19.1 Å². The van der Waals surface area contributed by atoms with E-state index < -0.39 is 34.3 Å². The maximum Gasteiger partial charge on any atom is 0.264 e. The van der Waals surface area contributed by atoms with Gasteiger partial charge in [-0.2, -0.15) is 0 Å². The van der Waals surface area contributed by atoms with Crippen molar-refractivity contribution in [2.45, 2.75) is 64.1 Å². The quantitative estimate of drug-likeness (QED) is 0.315. The number of amides is 2. The first-order valence-electron chi connectivity index (χ1n) is 14.4. The number of hydrogen-bond acceptors (Lipinski definition) is 6. The molecule has 230 valence electrons. The van der Waals surface area contributed by atoms with Gasteiger partial charge in [0.2, 0.25) is 11.8 Å². The number of nitrogens with zero attached hydrogens (tertiary/aromatic N) is 2. The molecule has 43 heavy (non-hydrogen) atoms. The van der Waals surface area contributed by atoms with Gasteiger partial charge in [-0.05, 0) is 68.7 Å². The Balaban J connectivity index is 1.74. The van der Waals surface area contributed by atoms with E-state index in [4.69, 9.17) is 9.47 Å². The Morgan fingerprint density at radius 3 is 2.30 bits per heavy atom. The topological polar surface area (TPSA) is 105 Å². The van der Waals surface area contributed by atoms with Crippen LogP contribution in [0.3, 0.4) is 0 Å². The Labute approximate surface area is 252 Å². The molecule has 0 fully saturated rings. The Kier molecular flexibility index (Phi) is 10.3. The van der Waals surface area contributed by atoms with Crippen molar-refractivity contribution in [2.75, 3.05) is 24.1 Å². The summed E-state index contributed by atoms with van der Waals surface area (Å²) in [7, 11) is -4.36. The zero-order chi connectivity index (χ0) is 31.1. The molecule has 1 aliphatic rings. The molecule has 3 aromatic carbocycles. The largest absolute Gasteiger partial charge is 0.486 e. The molecule has 0 aliphatic carbocycles. The average Bonchev–Trinajstić information content (AvgIpc) is 2.99. The molecule has 0 saturated carbocycles. The van der Waals surface area contributed by atoms with E-state index in [0.717, 1.165) is 27.6 Å². The van der Waals surface area contributed by atoms with Crippen molar-refractivity contribution in [1.82, 2.24) is 10.2 Å². The van der Waals surface area contributed by atoms with Gasteiger partial charge in [0.15, 0.2) is 11.5 Å². The summed E-state index contributed by atoms with van der Waals surface area (Å²) < 4.78 is 54.2. The second kappa shape index (κ2) is 13.9. The van der Waals surface area contributed by atoms with Crippen LogP contribution in [0.2, 0.25) is 0 Å². The summed E-state index contributed by atoms with van der Waals surface area (Å²) in [5.41, 5.74) is 1.87. The average molecular weight is 612 g/mol. The highest BCUT2D eigenvalue weighted by Crippen LogP contribution is 2.34. The molecule has 11 heteroatoms. The van der Waals surface area contributed by atoms with E-state index in [1.165, 1.54) is 35.2 Å². The van der Waals surface area contributed by atoms with E-state index >= 15 is 0 Å². The predicted molar refractivity (Wildman–Crippen MR) is 162 cm³/mol. The summed E-state index contributed by atoms with van der Waals surface area (Å²) in [6, 6.07) is 15.7. The van der Waals surface area contributed by atoms with Crippen molar-refractivity contribution in [3.63, 3.8) is 0 Å². The van der Waals surface area contributed by atoms with Crippen LogP contribution in [-0.4, -0.2) is 57.0 Å². The van der Waals surface area contributed by atoms with Crippen molar-refractivity contribution < 1.29 is 31.9 Å². The van der Waals surface area contributed by atoms with Crippen LogP contribution in [0.15, 0.2) is 71.6 Å². The molecule has 2 amide bonds. The Bertz CT molecular complexity index is 1550. The van der Waals surface area contributed by atoms with E-state index in [2.05, 4.69) is 5.32 Å². The third-order valence-electron chi connectivity index (χ3n) is 7.32. The van der Waals surface area contributed by atoms with Gasteiger partial charge < -0.3 is 19.7 Å². The lowest BCUT2D eigenvalue weighted by molar-refractivity contribution is -0.140. The third-order valence-corrected chi connectivity index (χ3v) is 9.09. The summed E-state index contributed by atoms with van der Waals surface area (Å²) in [5.74, 6) is -0.775. The number of nitrogens with one attached hydrogen (secondary N) is 1. The van der Waals surface area contributed by atoms with Gasteiger partial charge in [-0.15, -0.1) is 0 Å². The standard InChI is InChI=1S/C32H38FN3O6S/c1-5-23(4)34-32(38)28(6-2)35(20-24-9-7-8-22(3)18-24)31(37)21-36(26-12-10-25(33)11-13-26)43(39,40)27-14-15-29-30(19-27)42-17-16-41-29/h7-15,18-19,23,28H,5-6,16-17,20-21H2,1-4H3,(H,34,38)/t23-,28-/m0/s1. The number of sulfonamides is 1. The minimum Gasteiger partial charge on any atom is -0.486 e. The van der Waals surface area contributed by atoms with E-state index in [1.54, 1.807) is 6.92 Å². The third kappa shape index (κ3) is 7.64. The minimum atomic E-state index is -4.36. The number of carbonyl (C=O) groups is 2. The lowest BCUT2D eigenvalue weighted by atomic mass is 10.1. The summed E-state index contributed by atoms with van der Waals surface area (Å²) >= 11 is 0. The Hall–Kier alpha value is -4.12. The van der Waals surface area contributed by atoms with Gasteiger partial charge in [-0.1, -0.05) is 43.7 Å². The van der Waals surface area contributed by atoms with Crippen molar-refractivity contribution in [2.24, 2.45) is 0 Å². The minimum absolute atomic E-state index is 0.0915. The van der Waals surface area contributed by atoms with Crippen LogP contribution in [0.4, 0.5) is 10.1 Å². The van der Waals surface area contributed by atoms with E-state index in [9.17, 15) is 22.4 Å². The molecule has 0 bridgehead atoms. The number of anilines is 1. The van der Waals surface area contributed by atoms with Gasteiger partial charge >= 0.3 is 0 Å². The lowest BCUT2D eigenvalue weighted by Gasteiger charge is -2.34. The SMILES string of the molecule is CC[C@H](C)NC(=O)[C@H](CC)N(Cc1cccc(C)c1)C(=O)CN(c1ccc(F)cc1)S(=O)(=O)c1ccc2c(c1)OCCO2. The molecule has 1 heterocycles. The fourth-order valence-corrected chi connectivity index (χ4v) is 6.25. The molecular formula is C32H38FN3O6S. The van der Waals surface area contributed by atoms with Crippen LogP contribution in [0.5, 0.6) is 11.5 Å². The monoisotopic (exact) mass is 611 g/mol. The number of fused-ring (bicyclic) bond motifs is 1. The first kappa shape index (κ1) is 31.8. The van der Waals surface area contributed by atoms with Gasteiger partial charge in [-0.25, -0.2) is 12.8 Å². The summed E-state index contributed by atoms with van der Waals surface area (Å²) in [6.45, 7) is 7.64. The van der Waals surface area contributed by atoms with Crippen molar-refractivity contribution in [3.8, 4) is 11.5 Å². The number of hydrogen-bond donors (Lipinski definition) is 1. The predicted octanol–water partition coefficient (Wildman–Crippen LogP) is 4.82. The molecule has 1 aliphatic heterocycles. The zero-order valence-corrected chi connectivity index (χ0v) is 25.7. The highest BCUT2D eigenvalue weighted by Gasteiger charge is 2.34. The van der Waals surface area contributed by atoms with Gasteiger partial charge in [0.25, 0.3) is 10.0 Å². The van der Waals surface area contributed by atoms with Gasteiger partial charge in [-0.3, -0.25) is 13.9 Å². The van der Waals surface area contributed by atoms with E-state index in [1.807, 2.05) is 45.0 Å². The van der Waals surface area contributed by atoms with E-state index in [-0.39, 0.29) is 41.4 Å². The van der Waals surface area contributed by atoms with Crippen molar-refractivity contribution in [1.29, 1.82) is 0 Å². The van der Waals surface area contributed by atoms with Crippen molar-refractivity contribution in [3.05, 3.63) is 83.7 Å². The number of aryl methyl sites for hydroxylation is 1. The molecule has 0 spiro atoms. The molecule has 0 aromatic heterocycles. The Morgan fingerprint density at radius 1 is 0.953 bits per heavy atom. The highest BCUT2D eigenvalue weighted by molar-refractivity contribution is 7.92. The van der Waals surface area contributed by atoms with Gasteiger partial charge in [0.1, 0.15) is 31.6 Å². The van der Waals surface area contributed by atoms with Gasteiger partial charge in [0, 0.05) is 18.7 Å². The normalized spacial score (nSPS) is 14.0. The maximum atomic E-state index is 14.2.